The molecule has 0 heterocycles. The molecule has 1 nitrogen and oxygen atoms in total. The predicted molar refractivity (Wildman–Crippen MR) is 96.5 cm³/mol. The summed E-state index contributed by atoms with van der Waals surface area (Å²) in [6, 6.07) is 11.0. The van der Waals surface area contributed by atoms with E-state index < -0.39 is 17.7 Å². The van der Waals surface area contributed by atoms with Crippen LogP contribution in [0.5, 0.6) is 0 Å². The Morgan fingerprint density at radius 2 is 1.52 bits per heavy atom. The Hall–Kier alpha value is -1.74. The zero-order chi connectivity index (χ0) is 17.8. The summed E-state index contributed by atoms with van der Waals surface area (Å²) in [7, 11) is 0. The van der Waals surface area contributed by atoms with E-state index in [2.05, 4.69) is 19.1 Å². The van der Waals surface area contributed by atoms with Crippen molar-refractivity contribution >= 4 is 0 Å². The summed E-state index contributed by atoms with van der Waals surface area (Å²) in [6.07, 6.45) is 6.63. The molecule has 0 bridgehead atoms. The summed E-state index contributed by atoms with van der Waals surface area (Å²) in [5.41, 5.74) is 2.20. The first kappa shape index (κ1) is 18.1. The van der Waals surface area contributed by atoms with E-state index in [1.165, 1.54) is 56.2 Å². The Morgan fingerprint density at radius 3 is 2.08 bits per heavy atom. The summed E-state index contributed by atoms with van der Waals surface area (Å²) in [5, 5.41) is 10.4. The van der Waals surface area contributed by atoms with Gasteiger partial charge in [0.2, 0.25) is 0 Å². The van der Waals surface area contributed by atoms with E-state index in [0.717, 1.165) is 12.0 Å². The Bertz CT molecular complexity index is 667. The summed E-state index contributed by atoms with van der Waals surface area (Å²) >= 11 is 0. The molecule has 0 amide bonds. The third-order valence-electron chi connectivity index (χ3n) is 5.47. The van der Waals surface area contributed by atoms with E-state index in [-0.39, 0.29) is 5.56 Å². The highest BCUT2D eigenvalue weighted by atomic mass is 19.1. The van der Waals surface area contributed by atoms with Crippen LogP contribution in [-0.2, 0) is 0 Å². The smallest absolute Gasteiger partial charge is 0.126 e. The van der Waals surface area contributed by atoms with Gasteiger partial charge < -0.3 is 5.11 Å². The molecule has 1 aliphatic rings. The van der Waals surface area contributed by atoms with Gasteiger partial charge in [-0.05, 0) is 66.3 Å². The van der Waals surface area contributed by atoms with Crippen LogP contribution in [0.25, 0.3) is 0 Å². The van der Waals surface area contributed by atoms with Crippen LogP contribution in [0.2, 0.25) is 0 Å². The van der Waals surface area contributed by atoms with Crippen molar-refractivity contribution in [1.29, 1.82) is 0 Å². The topological polar surface area (TPSA) is 20.2 Å². The maximum atomic E-state index is 13.3. The monoisotopic (exact) mass is 344 g/mol. The minimum absolute atomic E-state index is 0.241. The fraction of sp³-hybridized carbons (Fsp3) is 0.455. The van der Waals surface area contributed by atoms with Gasteiger partial charge in [-0.2, -0.15) is 0 Å². The van der Waals surface area contributed by atoms with Gasteiger partial charge in [0.15, 0.2) is 0 Å². The van der Waals surface area contributed by atoms with Gasteiger partial charge in [0, 0.05) is 6.07 Å². The summed E-state index contributed by atoms with van der Waals surface area (Å²) < 4.78 is 26.7. The number of aliphatic hydroxyl groups excluding tert-OH is 1. The highest BCUT2D eigenvalue weighted by molar-refractivity contribution is 5.33. The standard InChI is InChI=1S/C22H26F2O/c1-2-3-15-4-6-16(7-5-15)17-8-10-18(11-9-17)22(25)19-12-20(23)14-21(24)13-19/h8-16,22,25H,2-7H2,1H3. The van der Waals surface area contributed by atoms with Crippen LogP contribution in [0.3, 0.4) is 0 Å². The van der Waals surface area contributed by atoms with E-state index in [1.807, 2.05) is 12.1 Å². The first-order valence-electron chi connectivity index (χ1n) is 9.30. The number of hydrogen-bond donors (Lipinski definition) is 1. The molecule has 0 saturated heterocycles. The van der Waals surface area contributed by atoms with Crippen LogP contribution in [0, 0.1) is 17.6 Å². The largest absolute Gasteiger partial charge is 0.384 e. The minimum atomic E-state index is -1.01. The molecule has 0 spiro atoms. The predicted octanol–water partition coefficient (Wildman–Crippen LogP) is 6.12. The Morgan fingerprint density at radius 1 is 0.920 bits per heavy atom. The molecule has 134 valence electrons. The average molecular weight is 344 g/mol. The van der Waals surface area contributed by atoms with E-state index in [1.54, 1.807) is 0 Å². The molecule has 1 aliphatic carbocycles. The van der Waals surface area contributed by atoms with Crippen molar-refractivity contribution in [2.24, 2.45) is 5.92 Å². The second-order valence-corrected chi connectivity index (χ2v) is 7.28. The Kier molecular flexibility index (Phi) is 5.85. The molecule has 2 aromatic carbocycles. The lowest BCUT2D eigenvalue weighted by Crippen LogP contribution is -2.13. The van der Waals surface area contributed by atoms with Crippen LogP contribution in [-0.4, -0.2) is 5.11 Å². The van der Waals surface area contributed by atoms with Crippen molar-refractivity contribution in [3.8, 4) is 0 Å². The van der Waals surface area contributed by atoms with Crippen LogP contribution < -0.4 is 0 Å². The van der Waals surface area contributed by atoms with E-state index in [0.29, 0.717) is 11.5 Å². The quantitative estimate of drug-likeness (QED) is 0.693. The minimum Gasteiger partial charge on any atom is -0.384 e. The molecule has 3 rings (SSSR count). The van der Waals surface area contributed by atoms with Crippen molar-refractivity contribution in [3.63, 3.8) is 0 Å². The highest BCUT2D eigenvalue weighted by Gasteiger charge is 2.22. The van der Waals surface area contributed by atoms with Gasteiger partial charge in [0.05, 0.1) is 0 Å². The highest BCUT2D eigenvalue weighted by Crippen LogP contribution is 2.38. The molecule has 1 N–H and O–H groups in total. The summed E-state index contributed by atoms with van der Waals surface area (Å²) in [4.78, 5) is 0. The van der Waals surface area contributed by atoms with Gasteiger partial charge in [-0.15, -0.1) is 0 Å². The van der Waals surface area contributed by atoms with Gasteiger partial charge in [0.1, 0.15) is 17.7 Å². The molecular formula is C22H26F2O. The van der Waals surface area contributed by atoms with E-state index >= 15 is 0 Å². The van der Waals surface area contributed by atoms with Crippen molar-refractivity contribution in [2.75, 3.05) is 0 Å². The third-order valence-corrected chi connectivity index (χ3v) is 5.47. The van der Waals surface area contributed by atoms with Crippen LogP contribution in [0.1, 0.15) is 74.2 Å². The SMILES string of the molecule is CCCC1CCC(c2ccc(C(O)c3cc(F)cc(F)c3)cc2)CC1. The molecule has 2 aromatic rings. The van der Waals surface area contributed by atoms with E-state index in [4.69, 9.17) is 0 Å². The lowest BCUT2D eigenvalue weighted by Gasteiger charge is -2.28. The van der Waals surface area contributed by atoms with E-state index in [9.17, 15) is 13.9 Å². The van der Waals surface area contributed by atoms with Gasteiger partial charge in [-0.3, -0.25) is 0 Å². The van der Waals surface area contributed by atoms with Crippen LogP contribution in [0.15, 0.2) is 42.5 Å². The molecule has 0 aromatic heterocycles. The molecule has 3 heteroatoms. The zero-order valence-corrected chi connectivity index (χ0v) is 14.7. The third kappa shape index (κ3) is 4.46. The lowest BCUT2D eigenvalue weighted by atomic mass is 9.77. The van der Waals surface area contributed by atoms with Crippen molar-refractivity contribution < 1.29 is 13.9 Å². The lowest BCUT2D eigenvalue weighted by molar-refractivity contribution is 0.219. The number of halogens is 2. The number of hydrogen-bond acceptors (Lipinski definition) is 1. The molecule has 1 atom stereocenters. The van der Waals surface area contributed by atoms with Gasteiger partial charge in [-0.25, -0.2) is 8.78 Å². The summed E-state index contributed by atoms with van der Waals surface area (Å²) in [6.45, 7) is 2.25. The van der Waals surface area contributed by atoms with Crippen molar-refractivity contribution in [3.05, 3.63) is 70.8 Å². The average Bonchev–Trinajstić information content (AvgIpc) is 2.61. The van der Waals surface area contributed by atoms with Crippen LogP contribution >= 0.6 is 0 Å². The number of aliphatic hydroxyl groups is 1. The summed E-state index contributed by atoms with van der Waals surface area (Å²) in [5.74, 6) is 0.125. The molecule has 1 unspecified atom stereocenters. The van der Waals surface area contributed by atoms with Gasteiger partial charge >= 0.3 is 0 Å². The second-order valence-electron chi connectivity index (χ2n) is 7.28. The molecule has 25 heavy (non-hydrogen) atoms. The normalized spacial score (nSPS) is 21.9. The van der Waals surface area contributed by atoms with Crippen molar-refractivity contribution in [1.82, 2.24) is 0 Å². The first-order valence-corrected chi connectivity index (χ1v) is 9.30. The molecular weight excluding hydrogens is 318 g/mol. The maximum Gasteiger partial charge on any atom is 0.126 e. The first-order chi connectivity index (χ1) is 12.1. The molecule has 0 radical (unpaired) electrons. The Balaban J connectivity index is 1.68. The Labute approximate surface area is 148 Å². The van der Waals surface area contributed by atoms with Gasteiger partial charge in [0.25, 0.3) is 0 Å². The molecule has 1 saturated carbocycles. The maximum absolute atomic E-state index is 13.3. The number of rotatable bonds is 5. The zero-order valence-electron chi connectivity index (χ0n) is 14.7. The van der Waals surface area contributed by atoms with Gasteiger partial charge in [-0.1, -0.05) is 44.0 Å². The van der Waals surface area contributed by atoms with Crippen molar-refractivity contribution in [2.45, 2.75) is 57.5 Å². The fourth-order valence-electron chi connectivity index (χ4n) is 4.07. The molecule has 1 fully saturated rings. The fourth-order valence-corrected chi connectivity index (χ4v) is 4.07. The second kappa shape index (κ2) is 8.09. The van der Waals surface area contributed by atoms with Crippen LogP contribution in [0.4, 0.5) is 8.78 Å². The molecule has 0 aliphatic heterocycles. The number of benzene rings is 2.